The van der Waals surface area contributed by atoms with Gasteiger partial charge in [-0.3, -0.25) is 0 Å². The molecule has 1 saturated heterocycles. The number of epoxide rings is 1. The predicted octanol–water partition coefficient (Wildman–Crippen LogP) is 2.04. The minimum Gasteiger partial charge on any atom is -0.491 e. The Kier molecular flexibility index (Phi) is 3.99. The maximum absolute atomic E-state index is 10.7. The normalized spacial score (nSPS) is 18.5. The van der Waals surface area contributed by atoms with Crippen LogP contribution in [0, 0.1) is 0 Å². The van der Waals surface area contributed by atoms with Crippen molar-refractivity contribution in [1.29, 1.82) is 0 Å². The van der Waals surface area contributed by atoms with Crippen LogP contribution in [0.15, 0.2) is 35.9 Å². The Bertz CT molecular complexity index is 461. The number of benzene rings is 1. The molecule has 18 heavy (non-hydrogen) atoms. The van der Waals surface area contributed by atoms with Crippen molar-refractivity contribution in [2.75, 3.05) is 13.2 Å². The van der Waals surface area contributed by atoms with Gasteiger partial charge in [0, 0.05) is 5.57 Å². The number of hydrogen-bond donors (Lipinski definition) is 1. The lowest BCUT2D eigenvalue weighted by Gasteiger charge is -2.05. The van der Waals surface area contributed by atoms with Crippen LogP contribution in [0.1, 0.15) is 12.5 Å². The van der Waals surface area contributed by atoms with Crippen molar-refractivity contribution in [3.63, 3.8) is 0 Å². The summed E-state index contributed by atoms with van der Waals surface area (Å²) < 4.78 is 10.6. The smallest absolute Gasteiger partial charge is 0.330 e. The van der Waals surface area contributed by atoms with E-state index in [9.17, 15) is 4.79 Å². The maximum Gasteiger partial charge on any atom is 0.330 e. The van der Waals surface area contributed by atoms with Gasteiger partial charge in [0.15, 0.2) is 0 Å². The van der Waals surface area contributed by atoms with E-state index in [0.29, 0.717) is 18.6 Å². The molecule has 96 valence electrons. The summed E-state index contributed by atoms with van der Waals surface area (Å²) in [6, 6.07) is 7.67. The molecule has 1 aromatic carbocycles. The molecule has 0 spiro atoms. The molecular formula is C14H16O4. The number of hydrogen-bond acceptors (Lipinski definition) is 3. The monoisotopic (exact) mass is 248 g/mol. The van der Waals surface area contributed by atoms with Crippen molar-refractivity contribution in [1.82, 2.24) is 0 Å². The largest absolute Gasteiger partial charge is 0.491 e. The van der Waals surface area contributed by atoms with Gasteiger partial charge in [0.05, 0.1) is 6.61 Å². The van der Waals surface area contributed by atoms with Crippen molar-refractivity contribution < 1.29 is 19.4 Å². The summed E-state index contributed by atoms with van der Waals surface area (Å²) >= 11 is 0. The highest BCUT2D eigenvalue weighted by molar-refractivity contribution is 5.85. The Morgan fingerprint density at radius 1 is 1.61 bits per heavy atom. The number of aliphatic carboxylic acids is 1. The van der Waals surface area contributed by atoms with Gasteiger partial charge in [0.1, 0.15) is 18.5 Å². The predicted molar refractivity (Wildman–Crippen MR) is 66.8 cm³/mol. The Hall–Kier alpha value is -1.81. The van der Waals surface area contributed by atoms with Crippen LogP contribution < -0.4 is 4.74 Å². The molecule has 4 nitrogen and oxygen atoms in total. The lowest BCUT2D eigenvalue weighted by molar-refractivity contribution is -0.132. The van der Waals surface area contributed by atoms with E-state index in [1.54, 1.807) is 13.0 Å². The first kappa shape index (κ1) is 12.6. The fourth-order valence-electron chi connectivity index (χ4n) is 1.47. The molecule has 1 fully saturated rings. The van der Waals surface area contributed by atoms with Gasteiger partial charge in [-0.25, -0.2) is 4.79 Å². The third-order valence-electron chi connectivity index (χ3n) is 2.72. The molecule has 1 unspecified atom stereocenters. The fraction of sp³-hybridized carbons (Fsp3) is 0.357. The Balaban J connectivity index is 1.93. The van der Waals surface area contributed by atoms with Gasteiger partial charge in [-0.2, -0.15) is 0 Å². The zero-order valence-electron chi connectivity index (χ0n) is 10.3. The van der Waals surface area contributed by atoms with Gasteiger partial charge in [0.2, 0.25) is 0 Å². The first-order valence-electron chi connectivity index (χ1n) is 5.88. The number of carbonyl (C=O) groups is 1. The van der Waals surface area contributed by atoms with Crippen LogP contribution in [-0.2, 0) is 16.0 Å². The van der Waals surface area contributed by atoms with Gasteiger partial charge in [-0.05, 0) is 31.0 Å². The summed E-state index contributed by atoms with van der Waals surface area (Å²) in [6.45, 7) is 2.95. The second-order valence-corrected chi connectivity index (χ2v) is 4.31. The van der Waals surface area contributed by atoms with Crippen LogP contribution in [0.5, 0.6) is 5.75 Å². The summed E-state index contributed by atoms with van der Waals surface area (Å²) in [5.41, 5.74) is 1.39. The summed E-state index contributed by atoms with van der Waals surface area (Å²) in [7, 11) is 0. The first-order valence-corrected chi connectivity index (χ1v) is 5.88. The minimum absolute atomic E-state index is 0.239. The van der Waals surface area contributed by atoms with Crippen molar-refractivity contribution >= 4 is 5.97 Å². The average Bonchev–Trinajstić information content (AvgIpc) is 3.18. The Morgan fingerprint density at radius 2 is 2.39 bits per heavy atom. The second-order valence-electron chi connectivity index (χ2n) is 4.31. The molecule has 0 saturated carbocycles. The van der Waals surface area contributed by atoms with E-state index in [1.165, 1.54) is 0 Å². The zero-order valence-corrected chi connectivity index (χ0v) is 10.3. The van der Waals surface area contributed by atoms with Gasteiger partial charge in [-0.1, -0.05) is 18.2 Å². The Morgan fingerprint density at radius 3 is 3.06 bits per heavy atom. The van der Waals surface area contributed by atoms with Crippen LogP contribution in [-0.4, -0.2) is 30.4 Å². The summed E-state index contributed by atoms with van der Waals surface area (Å²) in [4.78, 5) is 10.7. The third kappa shape index (κ3) is 3.89. The van der Waals surface area contributed by atoms with Crippen molar-refractivity contribution in [3.05, 3.63) is 41.5 Å². The molecule has 1 atom stereocenters. The van der Waals surface area contributed by atoms with Crippen molar-refractivity contribution in [2.45, 2.75) is 19.4 Å². The molecule has 0 aromatic heterocycles. The number of ether oxygens (including phenoxy) is 2. The molecule has 0 radical (unpaired) electrons. The maximum atomic E-state index is 10.7. The third-order valence-corrected chi connectivity index (χ3v) is 2.72. The first-order chi connectivity index (χ1) is 8.65. The summed E-state index contributed by atoms with van der Waals surface area (Å²) in [6.07, 6.45) is 2.53. The molecule has 1 aromatic rings. The highest BCUT2D eigenvalue weighted by Crippen LogP contribution is 2.17. The molecule has 1 aliphatic heterocycles. The van der Waals surface area contributed by atoms with E-state index in [1.807, 2.05) is 24.3 Å². The van der Waals surface area contributed by atoms with Crippen molar-refractivity contribution in [3.8, 4) is 5.75 Å². The van der Waals surface area contributed by atoms with Crippen LogP contribution >= 0.6 is 0 Å². The van der Waals surface area contributed by atoms with Crippen LogP contribution in [0.25, 0.3) is 0 Å². The molecule has 0 aliphatic carbocycles. The molecular weight excluding hydrogens is 232 g/mol. The van der Waals surface area contributed by atoms with Gasteiger partial charge >= 0.3 is 5.97 Å². The number of allylic oxidation sites excluding steroid dienone is 1. The van der Waals surface area contributed by atoms with E-state index in [0.717, 1.165) is 17.9 Å². The van der Waals surface area contributed by atoms with Gasteiger partial charge in [0.25, 0.3) is 0 Å². The fourth-order valence-corrected chi connectivity index (χ4v) is 1.47. The SMILES string of the molecule is CC(=CCc1cccc(OCC2CO2)c1)C(=O)O. The van der Waals surface area contributed by atoms with Crippen molar-refractivity contribution in [2.24, 2.45) is 0 Å². The zero-order chi connectivity index (χ0) is 13.0. The molecule has 1 heterocycles. The van der Waals surface area contributed by atoms with Crippen LogP contribution in [0.4, 0.5) is 0 Å². The van der Waals surface area contributed by atoms with E-state index in [4.69, 9.17) is 14.6 Å². The summed E-state index contributed by atoms with van der Waals surface area (Å²) in [5.74, 6) is -0.0855. The molecule has 4 heteroatoms. The van der Waals surface area contributed by atoms with E-state index in [2.05, 4.69) is 0 Å². The standard InChI is InChI=1S/C14H16O4/c1-10(14(15)16)5-6-11-3-2-4-12(7-11)17-8-13-9-18-13/h2-5,7,13H,6,8-9H2,1H3,(H,15,16). The highest BCUT2D eigenvalue weighted by atomic mass is 16.6. The highest BCUT2D eigenvalue weighted by Gasteiger charge is 2.22. The number of carboxylic acid groups (broad SMARTS) is 1. The van der Waals surface area contributed by atoms with Gasteiger partial charge in [-0.15, -0.1) is 0 Å². The number of carboxylic acids is 1. The van der Waals surface area contributed by atoms with Crippen LogP contribution in [0.2, 0.25) is 0 Å². The van der Waals surface area contributed by atoms with Crippen LogP contribution in [0.3, 0.4) is 0 Å². The molecule has 0 bridgehead atoms. The molecule has 0 amide bonds. The van der Waals surface area contributed by atoms with E-state index >= 15 is 0 Å². The molecule has 2 rings (SSSR count). The van der Waals surface area contributed by atoms with E-state index < -0.39 is 5.97 Å². The Labute approximate surface area is 106 Å². The molecule has 1 aliphatic rings. The van der Waals surface area contributed by atoms with E-state index in [-0.39, 0.29) is 6.10 Å². The lowest BCUT2D eigenvalue weighted by Crippen LogP contribution is -2.04. The minimum atomic E-state index is -0.881. The number of rotatable bonds is 6. The topological polar surface area (TPSA) is 59.1 Å². The summed E-state index contributed by atoms with van der Waals surface area (Å²) in [5, 5.41) is 8.76. The molecule has 1 N–H and O–H groups in total. The van der Waals surface area contributed by atoms with Gasteiger partial charge < -0.3 is 14.6 Å². The second kappa shape index (κ2) is 5.69. The quantitative estimate of drug-likeness (QED) is 0.618. The average molecular weight is 248 g/mol. The lowest BCUT2D eigenvalue weighted by atomic mass is 10.1.